The van der Waals surface area contributed by atoms with Crippen molar-refractivity contribution in [3.63, 3.8) is 0 Å². The van der Waals surface area contributed by atoms with Gasteiger partial charge in [0.1, 0.15) is 0 Å². The zero-order valence-electron chi connectivity index (χ0n) is 13.9. The van der Waals surface area contributed by atoms with E-state index in [4.69, 9.17) is 11.6 Å². The van der Waals surface area contributed by atoms with Gasteiger partial charge in [-0.3, -0.25) is 4.79 Å². The predicted octanol–water partition coefficient (Wildman–Crippen LogP) is 4.46. The van der Waals surface area contributed by atoms with E-state index in [1.54, 1.807) is 0 Å². The summed E-state index contributed by atoms with van der Waals surface area (Å²) in [7, 11) is 0. The van der Waals surface area contributed by atoms with Gasteiger partial charge in [-0.1, -0.05) is 60.1 Å². The van der Waals surface area contributed by atoms with Crippen LogP contribution in [0, 0.1) is 0 Å². The Hall–Kier alpha value is -2.52. The number of benzene rings is 3. The molecule has 1 aliphatic rings. The summed E-state index contributed by atoms with van der Waals surface area (Å²) >= 11 is 6.30. The highest BCUT2D eigenvalue weighted by atomic mass is 35.5. The van der Waals surface area contributed by atoms with Crippen LogP contribution in [0.4, 0.5) is 5.69 Å². The van der Waals surface area contributed by atoms with Crippen molar-refractivity contribution in [2.75, 3.05) is 31.1 Å². The number of nitrogens with zero attached hydrogens (tertiary/aromatic N) is 2. The first-order valence-corrected chi connectivity index (χ1v) is 8.88. The molecule has 0 atom stereocenters. The first-order valence-electron chi connectivity index (χ1n) is 8.50. The Morgan fingerprint density at radius 1 is 0.800 bits per heavy atom. The lowest BCUT2D eigenvalue weighted by Crippen LogP contribution is -2.48. The van der Waals surface area contributed by atoms with Gasteiger partial charge in [-0.2, -0.15) is 0 Å². The van der Waals surface area contributed by atoms with Crippen molar-refractivity contribution in [3.05, 3.63) is 77.3 Å². The zero-order valence-corrected chi connectivity index (χ0v) is 14.6. The first-order chi connectivity index (χ1) is 12.2. The van der Waals surface area contributed by atoms with E-state index in [0.717, 1.165) is 40.1 Å². The second kappa shape index (κ2) is 6.77. The van der Waals surface area contributed by atoms with Crippen LogP contribution >= 0.6 is 11.6 Å². The summed E-state index contributed by atoms with van der Waals surface area (Å²) in [5.74, 6) is 0.107. The summed E-state index contributed by atoms with van der Waals surface area (Å²) in [5.41, 5.74) is 1.82. The number of amides is 1. The van der Waals surface area contributed by atoms with E-state index in [0.29, 0.717) is 13.1 Å². The third-order valence-electron chi connectivity index (χ3n) is 4.78. The standard InChI is InChI=1S/C21H19ClN2O/c22-19-10-3-4-11-20(19)23-12-14-24(15-13-23)21(25)18-9-5-7-16-6-1-2-8-17(16)18/h1-11H,12-15H2. The van der Waals surface area contributed by atoms with Crippen LogP contribution in [0.25, 0.3) is 10.8 Å². The van der Waals surface area contributed by atoms with E-state index in [2.05, 4.69) is 4.90 Å². The van der Waals surface area contributed by atoms with E-state index >= 15 is 0 Å². The van der Waals surface area contributed by atoms with Crippen LogP contribution in [-0.4, -0.2) is 37.0 Å². The molecule has 0 radical (unpaired) electrons. The molecule has 1 aliphatic heterocycles. The molecule has 25 heavy (non-hydrogen) atoms. The molecule has 126 valence electrons. The molecule has 4 heteroatoms. The SMILES string of the molecule is O=C(c1cccc2ccccc12)N1CCN(c2ccccc2Cl)CC1. The second-order valence-corrected chi connectivity index (χ2v) is 6.66. The lowest BCUT2D eigenvalue weighted by molar-refractivity contribution is 0.0749. The van der Waals surface area contributed by atoms with Gasteiger partial charge in [-0.05, 0) is 29.0 Å². The van der Waals surface area contributed by atoms with Gasteiger partial charge >= 0.3 is 0 Å². The number of carbonyl (C=O) groups is 1. The van der Waals surface area contributed by atoms with Crippen LogP contribution in [0.15, 0.2) is 66.7 Å². The van der Waals surface area contributed by atoms with Crippen LogP contribution in [0.5, 0.6) is 0 Å². The number of para-hydroxylation sites is 1. The van der Waals surface area contributed by atoms with Gasteiger partial charge in [0.05, 0.1) is 10.7 Å². The van der Waals surface area contributed by atoms with E-state index < -0.39 is 0 Å². The summed E-state index contributed by atoms with van der Waals surface area (Å²) in [6.07, 6.45) is 0. The molecule has 0 saturated carbocycles. The Morgan fingerprint density at radius 2 is 1.48 bits per heavy atom. The van der Waals surface area contributed by atoms with Crippen molar-refractivity contribution in [2.45, 2.75) is 0 Å². The maximum atomic E-state index is 13.0. The number of anilines is 1. The van der Waals surface area contributed by atoms with Gasteiger partial charge in [0.25, 0.3) is 5.91 Å². The minimum atomic E-state index is 0.107. The number of halogens is 1. The maximum Gasteiger partial charge on any atom is 0.254 e. The summed E-state index contributed by atoms with van der Waals surface area (Å²) in [4.78, 5) is 17.2. The molecule has 1 amide bonds. The fourth-order valence-electron chi connectivity index (χ4n) is 3.44. The van der Waals surface area contributed by atoms with E-state index in [1.807, 2.05) is 71.6 Å². The quantitative estimate of drug-likeness (QED) is 0.681. The molecule has 3 aromatic carbocycles. The molecule has 0 aromatic heterocycles. The van der Waals surface area contributed by atoms with Crippen molar-refractivity contribution in [1.82, 2.24) is 4.90 Å². The summed E-state index contributed by atoms with van der Waals surface area (Å²) in [6.45, 7) is 2.99. The van der Waals surface area contributed by atoms with Gasteiger partial charge < -0.3 is 9.80 Å². The molecule has 1 heterocycles. The highest BCUT2D eigenvalue weighted by Crippen LogP contribution is 2.27. The lowest BCUT2D eigenvalue weighted by Gasteiger charge is -2.36. The molecule has 3 nitrogen and oxygen atoms in total. The zero-order chi connectivity index (χ0) is 17.2. The molecule has 0 unspecified atom stereocenters. The van der Waals surface area contributed by atoms with Crippen molar-refractivity contribution in [1.29, 1.82) is 0 Å². The fourth-order valence-corrected chi connectivity index (χ4v) is 3.70. The minimum Gasteiger partial charge on any atom is -0.367 e. The Kier molecular flexibility index (Phi) is 4.33. The third-order valence-corrected chi connectivity index (χ3v) is 5.10. The van der Waals surface area contributed by atoms with Crippen LogP contribution < -0.4 is 4.90 Å². The summed E-state index contributed by atoms with van der Waals surface area (Å²) in [6, 6.07) is 21.8. The smallest absolute Gasteiger partial charge is 0.254 e. The minimum absolute atomic E-state index is 0.107. The monoisotopic (exact) mass is 350 g/mol. The van der Waals surface area contributed by atoms with E-state index in [9.17, 15) is 4.79 Å². The van der Waals surface area contributed by atoms with Crippen molar-refractivity contribution < 1.29 is 4.79 Å². The number of carbonyl (C=O) groups excluding carboxylic acids is 1. The summed E-state index contributed by atoms with van der Waals surface area (Å²) in [5, 5.41) is 2.88. The largest absolute Gasteiger partial charge is 0.367 e. The molecule has 0 bridgehead atoms. The molecule has 0 N–H and O–H groups in total. The topological polar surface area (TPSA) is 23.6 Å². The Balaban J connectivity index is 1.52. The second-order valence-electron chi connectivity index (χ2n) is 6.26. The van der Waals surface area contributed by atoms with E-state index in [1.165, 1.54) is 0 Å². The molecular formula is C21H19ClN2O. The van der Waals surface area contributed by atoms with Gasteiger partial charge in [0.2, 0.25) is 0 Å². The molecule has 0 spiro atoms. The number of rotatable bonds is 2. The van der Waals surface area contributed by atoms with Crippen molar-refractivity contribution in [3.8, 4) is 0 Å². The fraction of sp³-hybridized carbons (Fsp3) is 0.190. The van der Waals surface area contributed by atoms with Crippen LogP contribution in [-0.2, 0) is 0 Å². The van der Waals surface area contributed by atoms with Gasteiger partial charge in [-0.15, -0.1) is 0 Å². The highest BCUT2D eigenvalue weighted by Gasteiger charge is 2.24. The van der Waals surface area contributed by atoms with Crippen LogP contribution in [0.3, 0.4) is 0 Å². The number of fused-ring (bicyclic) bond motifs is 1. The Bertz CT molecular complexity index is 911. The van der Waals surface area contributed by atoms with Gasteiger partial charge in [-0.25, -0.2) is 0 Å². The number of hydrogen-bond donors (Lipinski definition) is 0. The van der Waals surface area contributed by atoms with Gasteiger partial charge in [0.15, 0.2) is 0 Å². The van der Waals surface area contributed by atoms with Crippen LogP contribution in [0.2, 0.25) is 5.02 Å². The average molecular weight is 351 g/mol. The average Bonchev–Trinajstić information content (AvgIpc) is 2.67. The predicted molar refractivity (Wildman–Crippen MR) is 104 cm³/mol. The maximum absolute atomic E-state index is 13.0. The molecule has 0 aliphatic carbocycles. The van der Waals surface area contributed by atoms with Crippen LogP contribution in [0.1, 0.15) is 10.4 Å². The Labute approximate surface area is 152 Å². The lowest BCUT2D eigenvalue weighted by atomic mass is 10.0. The molecule has 4 rings (SSSR count). The molecular weight excluding hydrogens is 332 g/mol. The highest BCUT2D eigenvalue weighted by molar-refractivity contribution is 6.33. The number of piperazine rings is 1. The van der Waals surface area contributed by atoms with Gasteiger partial charge in [0, 0.05) is 31.7 Å². The van der Waals surface area contributed by atoms with Crippen molar-refractivity contribution in [2.24, 2.45) is 0 Å². The third kappa shape index (κ3) is 3.08. The molecule has 3 aromatic rings. The van der Waals surface area contributed by atoms with Crippen molar-refractivity contribution >= 4 is 34.0 Å². The Morgan fingerprint density at radius 3 is 2.28 bits per heavy atom. The first kappa shape index (κ1) is 16.0. The summed E-state index contributed by atoms with van der Waals surface area (Å²) < 4.78 is 0. The molecule has 1 saturated heterocycles. The molecule has 1 fully saturated rings. The number of hydrogen-bond acceptors (Lipinski definition) is 2. The normalized spacial score (nSPS) is 14.8. The van der Waals surface area contributed by atoms with E-state index in [-0.39, 0.29) is 5.91 Å².